The van der Waals surface area contributed by atoms with E-state index in [0.29, 0.717) is 5.75 Å². The highest BCUT2D eigenvalue weighted by Gasteiger charge is 2.26. The Kier molecular flexibility index (Phi) is 2.50. The minimum absolute atomic E-state index is 0.406. The van der Waals surface area contributed by atoms with Gasteiger partial charge in [-0.1, -0.05) is 18.9 Å². The molecule has 2 aliphatic rings. The molecule has 3 rings (SSSR count). The number of phenols is 1. The average molecular weight is 217 g/mol. The van der Waals surface area contributed by atoms with E-state index in [4.69, 9.17) is 0 Å². The molecule has 0 amide bonds. The van der Waals surface area contributed by atoms with E-state index in [1.54, 1.807) is 0 Å². The summed E-state index contributed by atoms with van der Waals surface area (Å²) in [5.74, 6) is 0.406. The fourth-order valence-electron chi connectivity index (χ4n) is 3.19. The predicted octanol–water partition coefficient (Wildman–Crippen LogP) is 3.09. The molecule has 2 nitrogen and oxygen atoms in total. The lowest BCUT2D eigenvalue weighted by Crippen LogP contribution is -2.37. The van der Waals surface area contributed by atoms with E-state index < -0.39 is 0 Å². The lowest BCUT2D eigenvalue weighted by atomic mass is 9.99. The Hall–Kier alpha value is -1.18. The first-order valence-electron chi connectivity index (χ1n) is 6.43. The van der Waals surface area contributed by atoms with E-state index in [-0.39, 0.29) is 0 Å². The standard InChI is InChI=1S/C14H19NO/c16-13-8-7-11-4-3-9-15(14(11)10-13)12-5-1-2-6-12/h7-8,10,12,16H,1-6,9H2. The SMILES string of the molecule is Oc1ccc2c(c1)N(C1CCCC1)CCC2. The maximum Gasteiger partial charge on any atom is 0.117 e. The van der Waals surface area contributed by atoms with Gasteiger partial charge in [-0.3, -0.25) is 0 Å². The normalized spacial score (nSPS) is 21.1. The van der Waals surface area contributed by atoms with Crippen molar-refractivity contribution in [2.45, 2.75) is 44.6 Å². The summed E-state index contributed by atoms with van der Waals surface area (Å²) in [7, 11) is 0. The topological polar surface area (TPSA) is 23.5 Å². The van der Waals surface area contributed by atoms with Crippen LogP contribution in [-0.4, -0.2) is 17.7 Å². The molecule has 0 unspecified atom stereocenters. The Labute approximate surface area is 96.9 Å². The average Bonchev–Trinajstić information content (AvgIpc) is 2.81. The van der Waals surface area contributed by atoms with Crippen molar-refractivity contribution in [2.24, 2.45) is 0 Å². The Morgan fingerprint density at radius 2 is 1.94 bits per heavy atom. The van der Waals surface area contributed by atoms with Crippen molar-refractivity contribution >= 4 is 5.69 Å². The predicted molar refractivity (Wildman–Crippen MR) is 66.0 cm³/mol. The van der Waals surface area contributed by atoms with Crippen molar-refractivity contribution in [3.8, 4) is 5.75 Å². The van der Waals surface area contributed by atoms with Gasteiger partial charge >= 0.3 is 0 Å². The minimum atomic E-state index is 0.406. The molecule has 1 fully saturated rings. The van der Waals surface area contributed by atoms with Gasteiger partial charge < -0.3 is 10.0 Å². The number of fused-ring (bicyclic) bond motifs is 1. The molecule has 1 saturated carbocycles. The molecule has 1 aromatic rings. The van der Waals surface area contributed by atoms with Crippen molar-refractivity contribution in [1.82, 2.24) is 0 Å². The lowest BCUT2D eigenvalue weighted by Gasteiger charge is -2.36. The number of anilines is 1. The van der Waals surface area contributed by atoms with Gasteiger partial charge in [0.2, 0.25) is 0 Å². The number of phenolic OH excluding ortho intramolecular Hbond substituents is 1. The number of benzene rings is 1. The zero-order valence-corrected chi connectivity index (χ0v) is 9.65. The van der Waals surface area contributed by atoms with Gasteiger partial charge in [0.25, 0.3) is 0 Å². The van der Waals surface area contributed by atoms with Gasteiger partial charge in [0.1, 0.15) is 5.75 Å². The first-order valence-corrected chi connectivity index (χ1v) is 6.43. The highest BCUT2D eigenvalue weighted by molar-refractivity contribution is 5.59. The maximum absolute atomic E-state index is 9.62. The van der Waals surface area contributed by atoms with Gasteiger partial charge in [0.15, 0.2) is 0 Å². The molecule has 2 heteroatoms. The highest BCUT2D eigenvalue weighted by Crippen LogP contribution is 2.35. The molecule has 0 radical (unpaired) electrons. The highest BCUT2D eigenvalue weighted by atomic mass is 16.3. The summed E-state index contributed by atoms with van der Waals surface area (Å²) in [5.41, 5.74) is 2.70. The van der Waals surface area contributed by atoms with Gasteiger partial charge in [0, 0.05) is 24.3 Å². The molecule has 0 atom stereocenters. The van der Waals surface area contributed by atoms with Crippen LogP contribution in [0.15, 0.2) is 18.2 Å². The fraction of sp³-hybridized carbons (Fsp3) is 0.571. The molecule has 1 heterocycles. The van der Waals surface area contributed by atoms with E-state index in [2.05, 4.69) is 11.0 Å². The zero-order valence-electron chi connectivity index (χ0n) is 9.65. The number of rotatable bonds is 1. The van der Waals surface area contributed by atoms with Crippen molar-refractivity contribution in [2.75, 3.05) is 11.4 Å². The van der Waals surface area contributed by atoms with Gasteiger partial charge in [-0.15, -0.1) is 0 Å². The molecule has 16 heavy (non-hydrogen) atoms. The van der Waals surface area contributed by atoms with Crippen LogP contribution in [0.1, 0.15) is 37.7 Å². The quantitative estimate of drug-likeness (QED) is 0.781. The molecule has 0 saturated heterocycles. The lowest BCUT2D eigenvalue weighted by molar-refractivity contribution is 0.473. The van der Waals surface area contributed by atoms with Crippen LogP contribution < -0.4 is 4.90 Å². The summed E-state index contributed by atoms with van der Waals surface area (Å²) in [5, 5.41) is 9.62. The summed E-state index contributed by atoms with van der Waals surface area (Å²) in [6, 6.07) is 6.58. The van der Waals surface area contributed by atoms with E-state index in [0.717, 1.165) is 6.04 Å². The van der Waals surface area contributed by atoms with E-state index in [1.807, 2.05) is 12.1 Å². The largest absolute Gasteiger partial charge is 0.508 e. The van der Waals surface area contributed by atoms with E-state index in [9.17, 15) is 5.11 Å². The minimum Gasteiger partial charge on any atom is -0.508 e. The van der Waals surface area contributed by atoms with Crippen LogP contribution in [0.5, 0.6) is 5.75 Å². The molecule has 1 aliphatic heterocycles. The van der Waals surface area contributed by atoms with Crippen LogP contribution in [0.3, 0.4) is 0 Å². The molecular weight excluding hydrogens is 198 g/mol. The smallest absolute Gasteiger partial charge is 0.117 e. The van der Waals surface area contributed by atoms with Gasteiger partial charge in [-0.25, -0.2) is 0 Å². The number of aromatic hydroxyl groups is 1. The summed E-state index contributed by atoms with van der Waals surface area (Å²) in [6.45, 7) is 1.17. The van der Waals surface area contributed by atoms with Crippen molar-refractivity contribution < 1.29 is 5.11 Å². The molecule has 1 N–H and O–H groups in total. The van der Waals surface area contributed by atoms with Crippen LogP contribution >= 0.6 is 0 Å². The molecule has 1 aliphatic carbocycles. The van der Waals surface area contributed by atoms with E-state index >= 15 is 0 Å². The zero-order chi connectivity index (χ0) is 11.0. The van der Waals surface area contributed by atoms with Gasteiger partial charge in [-0.2, -0.15) is 0 Å². The van der Waals surface area contributed by atoms with Crippen LogP contribution in [-0.2, 0) is 6.42 Å². The Bertz CT molecular complexity index is 382. The van der Waals surface area contributed by atoms with Crippen LogP contribution in [0.4, 0.5) is 5.69 Å². The maximum atomic E-state index is 9.62. The van der Waals surface area contributed by atoms with Crippen molar-refractivity contribution in [1.29, 1.82) is 0 Å². The summed E-state index contributed by atoms with van der Waals surface area (Å²) < 4.78 is 0. The van der Waals surface area contributed by atoms with Crippen molar-refractivity contribution in [3.05, 3.63) is 23.8 Å². The van der Waals surface area contributed by atoms with E-state index in [1.165, 1.54) is 56.3 Å². The number of aryl methyl sites for hydroxylation is 1. The third-order valence-corrected chi connectivity index (χ3v) is 3.99. The fourth-order valence-corrected chi connectivity index (χ4v) is 3.19. The van der Waals surface area contributed by atoms with Crippen molar-refractivity contribution in [3.63, 3.8) is 0 Å². The summed E-state index contributed by atoms with van der Waals surface area (Å²) in [4.78, 5) is 2.53. The van der Waals surface area contributed by atoms with Gasteiger partial charge in [0.05, 0.1) is 0 Å². The second-order valence-corrected chi connectivity index (χ2v) is 5.05. The molecule has 0 bridgehead atoms. The number of hydrogen-bond donors (Lipinski definition) is 1. The molecule has 0 aromatic heterocycles. The molecule has 1 aromatic carbocycles. The molecule has 86 valence electrons. The third kappa shape index (κ3) is 1.66. The monoisotopic (exact) mass is 217 g/mol. The Balaban J connectivity index is 1.94. The van der Waals surface area contributed by atoms with Gasteiger partial charge in [-0.05, 0) is 37.3 Å². The Morgan fingerprint density at radius 3 is 2.75 bits per heavy atom. The van der Waals surface area contributed by atoms with Crippen LogP contribution in [0.25, 0.3) is 0 Å². The first-order chi connectivity index (χ1) is 7.84. The summed E-state index contributed by atoms with van der Waals surface area (Å²) in [6.07, 6.45) is 7.82. The first kappa shape index (κ1) is 10.0. The van der Waals surface area contributed by atoms with Crippen LogP contribution in [0.2, 0.25) is 0 Å². The second-order valence-electron chi connectivity index (χ2n) is 5.05. The number of nitrogens with zero attached hydrogens (tertiary/aromatic N) is 1. The molecule has 0 spiro atoms. The van der Waals surface area contributed by atoms with Crippen LogP contribution in [0, 0.1) is 0 Å². The Morgan fingerprint density at radius 1 is 1.12 bits per heavy atom. The second kappa shape index (κ2) is 4.00. The summed E-state index contributed by atoms with van der Waals surface area (Å²) >= 11 is 0. The molecular formula is C14H19NO. The third-order valence-electron chi connectivity index (χ3n) is 3.99. The number of hydrogen-bond acceptors (Lipinski definition) is 2.